The molecule has 3 unspecified atom stereocenters. The van der Waals surface area contributed by atoms with Crippen LogP contribution in [-0.4, -0.2) is 12.6 Å². The topological polar surface area (TPSA) is 12.0 Å². The van der Waals surface area contributed by atoms with Crippen molar-refractivity contribution < 1.29 is 0 Å². The lowest BCUT2D eigenvalue weighted by Crippen LogP contribution is -2.55. The fraction of sp³-hybridized carbons (Fsp3) is 1.00. The van der Waals surface area contributed by atoms with Crippen molar-refractivity contribution in [3.05, 3.63) is 0 Å². The summed E-state index contributed by atoms with van der Waals surface area (Å²) in [6.07, 6.45) is 4.38. The Balaban J connectivity index is 0.000000845. The van der Waals surface area contributed by atoms with Gasteiger partial charge in [-0.05, 0) is 50.5 Å². The van der Waals surface area contributed by atoms with Gasteiger partial charge < -0.3 is 5.32 Å². The molecule has 0 aromatic rings. The quantitative estimate of drug-likeness (QED) is 0.741. The van der Waals surface area contributed by atoms with Crippen LogP contribution in [0.3, 0.4) is 0 Å². The van der Waals surface area contributed by atoms with E-state index in [4.69, 9.17) is 0 Å². The molecule has 2 fully saturated rings. The van der Waals surface area contributed by atoms with Gasteiger partial charge in [0, 0.05) is 5.54 Å². The van der Waals surface area contributed by atoms with Crippen LogP contribution < -0.4 is 5.32 Å². The first-order valence-electron chi connectivity index (χ1n) is 5.21. The van der Waals surface area contributed by atoms with Gasteiger partial charge in [0.25, 0.3) is 0 Å². The zero-order valence-electron chi connectivity index (χ0n) is 9.59. The van der Waals surface area contributed by atoms with Gasteiger partial charge >= 0.3 is 0 Å². The summed E-state index contributed by atoms with van der Waals surface area (Å²) in [6, 6.07) is 0. The molecule has 0 heterocycles. The van der Waals surface area contributed by atoms with Crippen LogP contribution in [-0.2, 0) is 0 Å². The molecule has 2 aliphatic carbocycles. The standard InChI is InChI=1S/C11H21N.2ClH/c1-10(2)8-5-6-9(7-8)11(10,3)12-4;;/h8-9,12H,5-7H2,1-4H3;2*1H. The zero-order chi connectivity index (χ0) is 8.98. The lowest BCUT2D eigenvalue weighted by Gasteiger charge is -2.47. The average molecular weight is 240 g/mol. The second-order valence-electron chi connectivity index (χ2n) is 5.38. The van der Waals surface area contributed by atoms with Gasteiger partial charge in [-0.15, -0.1) is 24.8 Å². The lowest BCUT2D eigenvalue weighted by molar-refractivity contribution is 0.0732. The number of hydrogen-bond acceptors (Lipinski definition) is 1. The minimum Gasteiger partial charge on any atom is -0.314 e. The number of rotatable bonds is 1. The Bertz CT molecular complexity index is 205. The van der Waals surface area contributed by atoms with Gasteiger partial charge in [-0.2, -0.15) is 0 Å². The van der Waals surface area contributed by atoms with Crippen molar-refractivity contribution in [2.24, 2.45) is 17.3 Å². The lowest BCUT2D eigenvalue weighted by atomic mass is 9.64. The molecule has 14 heavy (non-hydrogen) atoms. The third-order valence-corrected chi connectivity index (χ3v) is 5.13. The van der Waals surface area contributed by atoms with Gasteiger partial charge in [-0.1, -0.05) is 13.8 Å². The summed E-state index contributed by atoms with van der Waals surface area (Å²) in [5.74, 6) is 1.91. The molecule has 2 aliphatic rings. The van der Waals surface area contributed by atoms with Crippen molar-refractivity contribution in [2.75, 3.05) is 7.05 Å². The summed E-state index contributed by atoms with van der Waals surface area (Å²) in [5.41, 5.74) is 0.903. The highest BCUT2D eigenvalue weighted by atomic mass is 35.5. The predicted octanol–water partition coefficient (Wildman–Crippen LogP) is 3.26. The van der Waals surface area contributed by atoms with Crippen LogP contribution in [0.25, 0.3) is 0 Å². The molecule has 2 rings (SSSR count). The van der Waals surface area contributed by atoms with Crippen molar-refractivity contribution in [1.82, 2.24) is 5.32 Å². The number of nitrogens with one attached hydrogen (secondary N) is 1. The molecular weight excluding hydrogens is 217 g/mol. The Morgan fingerprint density at radius 2 is 1.50 bits per heavy atom. The molecule has 2 bridgehead atoms. The molecule has 2 saturated carbocycles. The first-order valence-corrected chi connectivity index (χ1v) is 5.21. The Hall–Kier alpha value is 0.540. The molecule has 0 aromatic carbocycles. The minimum absolute atomic E-state index is 0. The predicted molar refractivity (Wildman–Crippen MR) is 66.6 cm³/mol. The van der Waals surface area contributed by atoms with E-state index in [1.54, 1.807) is 0 Å². The summed E-state index contributed by atoms with van der Waals surface area (Å²) in [5, 5.41) is 3.56. The number of fused-ring (bicyclic) bond motifs is 2. The van der Waals surface area contributed by atoms with E-state index in [0.717, 1.165) is 11.8 Å². The summed E-state index contributed by atoms with van der Waals surface area (Å²) < 4.78 is 0. The minimum atomic E-state index is 0. The van der Waals surface area contributed by atoms with Crippen LogP contribution in [0.4, 0.5) is 0 Å². The maximum absolute atomic E-state index is 3.56. The molecule has 86 valence electrons. The molecule has 1 N–H and O–H groups in total. The normalized spacial score (nSPS) is 42.9. The first kappa shape index (κ1) is 14.5. The Morgan fingerprint density at radius 3 is 1.79 bits per heavy atom. The molecule has 0 saturated heterocycles. The fourth-order valence-electron chi connectivity index (χ4n) is 3.64. The van der Waals surface area contributed by atoms with Crippen LogP contribution in [0.15, 0.2) is 0 Å². The Kier molecular flexibility index (Phi) is 4.35. The molecule has 0 aliphatic heterocycles. The molecular formula is C11H23Cl2N. The maximum Gasteiger partial charge on any atom is 0.0232 e. The van der Waals surface area contributed by atoms with Gasteiger partial charge in [-0.3, -0.25) is 0 Å². The monoisotopic (exact) mass is 239 g/mol. The fourth-order valence-corrected chi connectivity index (χ4v) is 3.64. The summed E-state index contributed by atoms with van der Waals surface area (Å²) in [6.45, 7) is 7.29. The first-order chi connectivity index (χ1) is 5.52. The van der Waals surface area contributed by atoms with Crippen LogP contribution in [0.1, 0.15) is 40.0 Å². The van der Waals surface area contributed by atoms with Crippen LogP contribution in [0.2, 0.25) is 0 Å². The van der Waals surface area contributed by atoms with E-state index >= 15 is 0 Å². The van der Waals surface area contributed by atoms with Crippen molar-refractivity contribution in [3.8, 4) is 0 Å². The Labute approximate surface area is 100 Å². The van der Waals surface area contributed by atoms with Gasteiger partial charge in [0.1, 0.15) is 0 Å². The summed E-state index contributed by atoms with van der Waals surface area (Å²) in [7, 11) is 2.13. The van der Waals surface area contributed by atoms with E-state index in [2.05, 4.69) is 33.1 Å². The van der Waals surface area contributed by atoms with Gasteiger partial charge in [0.05, 0.1) is 0 Å². The van der Waals surface area contributed by atoms with Crippen LogP contribution in [0.5, 0.6) is 0 Å². The van der Waals surface area contributed by atoms with Gasteiger partial charge in [0.15, 0.2) is 0 Å². The smallest absolute Gasteiger partial charge is 0.0232 e. The largest absolute Gasteiger partial charge is 0.314 e. The highest BCUT2D eigenvalue weighted by Crippen LogP contribution is 2.60. The summed E-state index contributed by atoms with van der Waals surface area (Å²) >= 11 is 0. The molecule has 0 radical (unpaired) electrons. The van der Waals surface area contributed by atoms with E-state index in [9.17, 15) is 0 Å². The molecule has 0 aromatic heterocycles. The highest BCUT2D eigenvalue weighted by molar-refractivity contribution is 5.85. The molecule has 3 atom stereocenters. The van der Waals surface area contributed by atoms with E-state index in [-0.39, 0.29) is 24.8 Å². The van der Waals surface area contributed by atoms with Crippen molar-refractivity contribution >= 4 is 24.8 Å². The van der Waals surface area contributed by atoms with E-state index in [1.807, 2.05) is 0 Å². The van der Waals surface area contributed by atoms with Gasteiger partial charge in [-0.25, -0.2) is 0 Å². The van der Waals surface area contributed by atoms with E-state index in [0.29, 0.717) is 11.0 Å². The molecule has 3 heteroatoms. The number of halogens is 2. The Morgan fingerprint density at radius 1 is 1.00 bits per heavy atom. The SMILES string of the molecule is CNC1(C)C2CCC(C2)C1(C)C.Cl.Cl. The van der Waals surface area contributed by atoms with Crippen molar-refractivity contribution in [3.63, 3.8) is 0 Å². The highest BCUT2D eigenvalue weighted by Gasteiger charge is 2.59. The zero-order valence-corrected chi connectivity index (χ0v) is 11.2. The van der Waals surface area contributed by atoms with Crippen LogP contribution >= 0.6 is 24.8 Å². The second-order valence-corrected chi connectivity index (χ2v) is 5.38. The van der Waals surface area contributed by atoms with Gasteiger partial charge in [0.2, 0.25) is 0 Å². The second kappa shape index (κ2) is 4.19. The van der Waals surface area contributed by atoms with Crippen LogP contribution in [0, 0.1) is 17.3 Å². The van der Waals surface area contributed by atoms with Crippen molar-refractivity contribution in [1.29, 1.82) is 0 Å². The maximum atomic E-state index is 3.56. The third-order valence-electron chi connectivity index (χ3n) is 5.13. The van der Waals surface area contributed by atoms with E-state index in [1.165, 1.54) is 19.3 Å². The summed E-state index contributed by atoms with van der Waals surface area (Å²) in [4.78, 5) is 0. The third kappa shape index (κ3) is 1.48. The molecule has 0 amide bonds. The molecule has 0 spiro atoms. The van der Waals surface area contributed by atoms with E-state index < -0.39 is 0 Å². The number of hydrogen-bond donors (Lipinski definition) is 1. The van der Waals surface area contributed by atoms with Crippen molar-refractivity contribution in [2.45, 2.75) is 45.6 Å². The molecule has 1 nitrogen and oxygen atoms in total. The average Bonchev–Trinajstić information content (AvgIpc) is 2.55.